The highest BCUT2D eigenvalue weighted by molar-refractivity contribution is 6.01. The first-order chi connectivity index (χ1) is 16.8. The van der Waals surface area contributed by atoms with Gasteiger partial charge < -0.3 is 40.0 Å². The molecule has 1 heterocycles. The summed E-state index contributed by atoms with van der Waals surface area (Å²) in [5.74, 6) is -3.46. The Morgan fingerprint density at radius 1 is 1.03 bits per heavy atom. The van der Waals surface area contributed by atoms with Crippen molar-refractivity contribution < 1.29 is 53.8 Å². The normalized spacial score (nSPS) is 21.2. The van der Waals surface area contributed by atoms with E-state index in [1.54, 1.807) is 41.5 Å². The Morgan fingerprint density at radius 3 is 1.89 bits per heavy atom. The van der Waals surface area contributed by atoms with E-state index in [-0.39, 0.29) is 0 Å². The molecule has 37 heavy (non-hydrogen) atoms. The number of carbonyl (C=O) groups excluding carboxylic acids is 3. The van der Waals surface area contributed by atoms with E-state index in [0.717, 1.165) is 13.0 Å². The number of hydrogen-bond donors (Lipinski definition) is 7. The van der Waals surface area contributed by atoms with Crippen LogP contribution in [0.4, 0.5) is 9.59 Å². The molecule has 0 saturated heterocycles. The van der Waals surface area contributed by atoms with Gasteiger partial charge in [0.25, 0.3) is 0 Å². The predicted molar refractivity (Wildman–Crippen MR) is 127 cm³/mol. The van der Waals surface area contributed by atoms with Gasteiger partial charge in [0.05, 0.1) is 18.7 Å². The molecule has 15 nitrogen and oxygen atoms in total. The van der Waals surface area contributed by atoms with Crippen molar-refractivity contribution in [2.75, 3.05) is 6.61 Å². The predicted octanol–water partition coefficient (Wildman–Crippen LogP) is -0.653. The Balaban J connectivity index is 3.57. The van der Waals surface area contributed by atoms with Gasteiger partial charge in [0.2, 0.25) is 17.6 Å². The minimum Gasteiger partial charge on any atom is -0.478 e. The van der Waals surface area contributed by atoms with Crippen molar-refractivity contribution in [1.82, 2.24) is 16.0 Å². The zero-order valence-electron chi connectivity index (χ0n) is 21.8. The van der Waals surface area contributed by atoms with Gasteiger partial charge >= 0.3 is 18.2 Å². The highest BCUT2D eigenvalue weighted by Crippen LogP contribution is 2.25. The Morgan fingerprint density at radius 2 is 1.51 bits per heavy atom. The van der Waals surface area contributed by atoms with Crippen LogP contribution < -0.4 is 16.0 Å². The van der Waals surface area contributed by atoms with Crippen LogP contribution in [0.25, 0.3) is 0 Å². The lowest BCUT2D eigenvalue weighted by Crippen LogP contribution is -2.60. The third-order valence-electron chi connectivity index (χ3n) is 4.32. The molecule has 3 amide bonds. The van der Waals surface area contributed by atoms with Crippen LogP contribution in [0.1, 0.15) is 48.5 Å². The van der Waals surface area contributed by atoms with Crippen LogP contribution in [0.5, 0.6) is 0 Å². The van der Waals surface area contributed by atoms with E-state index in [2.05, 4.69) is 20.9 Å². The molecule has 0 aromatic carbocycles. The summed E-state index contributed by atoms with van der Waals surface area (Å²) in [6.07, 6.45) is -6.34. The Bertz CT molecular complexity index is 889. The van der Waals surface area contributed by atoms with E-state index in [0.29, 0.717) is 0 Å². The molecule has 7 N–H and O–H groups in total. The number of rotatable bonds is 6. The topological polar surface area (TPSA) is 225 Å². The number of nitrogens with one attached hydrogen (secondary N) is 3. The molecular weight excluding hydrogens is 496 g/mol. The number of amides is 3. The van der Waals surface area contributed by atoms with Crippen molar-refractivity contribution in [2.24, 2.45) is 4.99 Å². The fraction of sp³-hybridized carbons (Fsp3) is 0.682. The van der Waals surface area contributed by atoms with Gasteiger partial charge in [-0.1, -0.05) is 0 Å². The number of aliphatic hydroxyl groups excluding tert-OH is 3. The summed E-state index contributed by atoms with van der Waals surface area (Å²) in [6, 6.07) is -2.71. The highest BCUT2D eigenvalue weighted by atomic mass is 16.6. The zero-order valence-corrected chi connectivity index (χ0v) is 21.8. The van der Waals surface area contributed by atoms with Gasteiger partial charge in [-0.3, -0.25) is 15.4 Å². The lowest BCUT2D eigenvalue weighted by Gasteiger charge is -2.38. The van der Waals surface area contributed by atoms with Crippen LogP contribution >= 0.6 is 0 Å². The number of alkyl carbamates (subject to hydrolysis) is 2. The van der Waals surface area contributed by atoms with Crippen LogP contribution in [0.3, 0.4) is 0 Å². The van der Waals surface area contributed by atoms with Gasteiger partial charge in [0.15, 0.2) is 0 Å². The number of guanidine groups is 1. The maximum atomic E-state index is 12.4. The molecule has 1 aliphatic rings. The third kappa shape index (κ3) is 11.0. The summed E-state index contributed by atoms with van der Waals surface area (Å²) in [7, 11) is 0. The second-order valence-electron chi connectivity index (χ2n) is 10.1. The molecule has 0 fully saturated rings. The van der Waals surface area contributed by atoms with Gasteiger partial charge in [0, 0.05) is 6.92 Å². The first kappa shape index (κ1) is 31.6. The first-order valence-electron chi connectivity index (χ1n) is 11.3. The molecule has 0 radical (unpaired) electrons. The number of hydrogen-bond acceptors (Lipinski definition) is 11. The lowest BCUT2D eigenvalue weighted by molar-refractivity contribution is -0.145. The number of nitrogens with zero attached hydrogens (tertiary/aromatic N) is 1. The molecule has 0 aromatic rings. The first-order valence-corrected chi connectivity index (χ1v) is 11.3. The molecule has 15 heteroatoms. The summed E-state index contributed by atoms with van der Waals surface area (Å²) < 4.78 is 15.6. The van der Waals surface area contributed by atoms with Gasteiger partial charge in [-0.05, 0) is 47.6 Å². The Labute approximate surface area is 213 Å². The molecule has 0 unspecified atom stereocenters. The highest BCUT2D eigenvalue weighted by Gasteiger charge is 2.44. The van der Waals surface area contributed by atoms with Crippen molar-refractivity contribution in [3.05, 3.63) is 11.8 Å². The molecule has 0 aliphatic carbocycles. The fourth-order valence-corrected chi connectivity index (χ4v) is 3.01. The number of aliphatic imine (C=N–C) groups is 1. The van der Waals surface area contributed by atoms with Crippen molar-refractivity contribution in [3.8, 4) is 0 Å². The Kier molecular flexibility index (Phi) is 10.8. The smallest absolute Gasteiger partial charge is 0.414 e. The maximum absolute atomic E-state index is 12.4. The van der Waals surface area contributed by atoms with Gasteiger partial charge in [-0.25, -0.2) is 19.4 Å². The average molecular weight is 533 g/mol. The van der Waals surface area contributed by atoms with Crippen LogP contribution in [-0.2, 0) is 23.8 Å². The number of carboxylic acid groups (broad SMARTS) is 1. The number of carboxylic acids is 1. The van der Waals surface area contributed by atoms with Gasteiger partial charge in [-0.15, -0.1) is 0 Å². The van der Waals surface area contributed by atoms with E-state index in [1.807, 2.05) is 0 Å². The SMILES string of the molecule is CC(=O)N[C@H]1[C@H]([C@H](O)[C@H](O)CO)OC(C(=O)O)=C[C@@H]1N=C(NC(=O)OC(C)(C)C)NC(=O)OC(C)(C)C. The van der Waals surface area contributed by atoms with Crippen LogP contribution in [0, 0.1) is 0 Å². The summed E-state index contributed by atoms with van der Waals surface area (Å²) >= 11 is 0. The number of ether oxygens (including phenoxy) is 3. The molecule has 1 aliphatic heterocycles. The summed E-state index contributed by atoms with van der Waals surface area (Å²) in [5, 5.41) is 46.1. The summed E-state index contributed by atoms with van der Waals surface area (Å²) in [6.45, 7) is 9.78. The quantitative estimate of drug-likeness (QED) is 0.168. The van der Waals surface area contributed by atoms with E-state index in [1.165, 1.54) is 0 Å². The molecule has 1 rings (SSSR count). The second-order valence-corrected chi connectivity index (χ2v) is 10.1. The van der Waals surface area contributed by atoms with E-state index >= 15 is 0 Å². The molecule has 5 atom stereocenters. The summed E-state index contributed by atoms with van der Waals surface area (Å²) in [4.78, 5) is 52.6. The second kappa shape index (κ2) is 12.7. The fourth-order valence-electron chi connectivity index (χ4n) is 3.01. The summed E-state index contributed by atoms with van der Waals surface area (Å²) in [5.41, 5.74) is -1.85. The third-order valence-corrected chi connectivity index (χ3v) is 4.32. The van der Waals surface area contributed by atoms with E-state index < -0.39 is 84.0 Å². The van der Waals surface area contributed by atoms with Crippen molar-refractivity contribution >= 4 is 30.0 Å². The van der Waals surface area contributed by atoms with Crippen LogP contribution in [0.2, 0.25) is 0 Å². The monoisotopic (exact) mass is 532 g/mol. The minimum atomic E-state index is -1.87. The lowest BCUT2D eigenvalue weighted by atomic mass is 9.92. The largest absolute Gasteiger partial charge is 0.478 e. The van der Waals surface area contributed by atoms with E-state index in [4.69, 9.17) is 14.2 Å². The zero-order chi connectivity index (χ0) is 28.7. The van der Waals surface area contributed by atoms with Crippen molar-refractivity contribution in [3.63, 3.8) is 0 Å². The van der Waals surface area contributed by atoms with Crippen molar-refractivity contribution in [1.29, 1.82) is 0 Å². The number of aliphatic hydroxyl groups is 3. The molecule has 0 spiro atoms. The minimum absolute atomic E-state index is 0.539. The molecule has 0 saturated carbocycles. The molecular formula is C22H36N4O11. The molecule has 0 aromatic heterocycles. The standard InChI is InChI=1S/C22H36N4O11/c1-10(28)23-14-11(8-13(17(31)32)35-16(14)15(30)12(29)9-27)24-18(25-19(33)36-21(2,3)4)26-20(34)37-22(5,6)7/h8,11-12,14-16,27,29-30H,9H2,1-7H3,(H,23,28)(H,31,32)(H2,24,25,26,33,34)/t11-,12+,14+,15+,16+/m0/s1. The average Bonchev–Trinajstić information content (AvgIpc) is 2.70. The Hall–Kier alpha value is -3.43. The number of carbonyl (C=O) groups is 4. The molecule has 210 valence electrons. The van der Waals surface area contributed by atoms with Gasteiger partial charge in [-0.2, -0.15) is 0 Å². The number of aliphatic carboxylic acids is 1. The van der Waals surface area contributed by atoms with Crippen molar-refractivity contribution in [2.45, 2.75) is 90.1 Å². The maximum Gasteiger partial charge on any atom is 0.414 e. The van der Waals surface area contributed by atoms with Crippen LogP contribution in [-0.4, -0.2) is 98.7 Å². The van der Waals surface area contributed by atoms with Gasteiger partial charge in [0.1, 0.15) is 29.5 Å². The van der Waals surface area contributed by atoms with E-state index in [9.17, 15) is 39.6 Å². The molecule has 0 bridgehead atoms. The van der Waals surface area contributed by atoms with Crippen LogP contribution in [0.15, 0.2) is 16.8 Å².